The minimum Gasteiger partial charge on any atom is -0.213 e. The highest BCUT2D eigenvalue weighted by molar-refractivity contribution is 7.88. The number of nitrogens with zero attached hydrogens (tertiary/aromatic N) is 1. The normalized spacial score (nSPS) is 25.3. The third-order valence-corrected chi connectivity index (χ3v) is 4.57. The molecule has 0 aromatic rings. The molecule has 1 aliphatic heterocycles. The van der Waals surface area contributed by atoms with Crippen LogP contribution in [0.4, 0.5) is 0 Å². The van der Waals surface area contributed by atoms with Crippen molar-refractivity contribution in [2.45, 2.75) is 46.0 Å². The second kappa shape index (κ2) is 4.83. The van der Waals surface area contributed by atoms with Crippen molar-refractivity contribution in [2.24, 2.45) is 5.41 Å². The van der Waals surface area contributed by atoms with Gasteiger partial charge in [0.05, 0.1) is 6.26 Å². The SMILES string of the molecule is CC1(C)CCCCCN(S(C)(=O)=O)CC1. The zero-order valence-electron chi connectivity index (χ0n) is 10.1. The van der Waals surface area contributed by atoms with Crippen molar-refractivity contribution in [3.8, 4) is 0 Å². The summed E-state index contributed by atoms with van der Waals surface area (Å²) in [6.45, 7) is 5.86. The lowest BCUT2D eigenvalue weighted by Crippen LogP contribution is -2.33. The van der Waals surface area contributed by atoms with E-state index < -0.39 is 10.0 Å². The molecule has 0 N–H and O–H groups in total. The second-order valence-electron chi connectivity index (χ2n) is 5.39. The molecule has 15 heavy (non-hydrogen) atoms. The van der Waals surface area contributed by atoms with E-state index in [9.17, 15) is 8.42 Å². The van der Waals surface area contributed by atoms with Gasteiger partial charge in [-0.25, -0.2) is 12.7 Å². The zero-order valence-corrected chi connectivity index (χ0v) is 10.9. The van der Waals surface area contributed by atoms with Crippen LogP contribution in [-0.2, 0) is 10.0 Å². The standard InChI is InChI=1S/C11H23NO2S/c1-11(2)7-5-4-6-9-12(10-8-11)15(3,13)14/h4-10H2,1-3H3. The van der Waals surface area contributed by atoms with Crippen LogP contribution in [0, 0.1) is 5.41 Å². The Kier molecular flexibility index (Phi) is 4.18. The molecule has 0 atom stereocenters. The van der Waals surface area contributed by atoms with E-state index in [1.807, 2.05) is 0 Å². The Morgan fingerprint density at radius 2 is 1.67 bits per heavy atom. The number of sulfonamides is 1. The summed E-state index contributed by atoms with van der Waals surface area (Å²) in [4.78, 5) is 0. The van der Waals surface area contributed by atoms with E-state index in [0.29, 0.717) is 13.1 Å². The molecule has 0 unspecified atom stereocenters. The molecule has 0 saturated carbocycles. The summed E-state index contributed by atoms with van der Waals surface area (Å²) in [5, 5.41) is 0. The molecule has 1 fully saturated rings. The van der Waals surface area contributed by atoms with Crippen LogP contribution in [-0.4, -0.2) is 32.1 Å². The van der Waals surface area contributed by atoms with E-state index >= 15 is 0 Å². The number of rotatable bonds is 1. The maximum absolute atomic E-state index is 11.5. The van der Waals surface area contributed by atoms with Crippen molar-refractivity contribution in [1.29, 1.82) is 0 Å². The molecule has 4 heteroatoms. The molecule has 0 aromatic heterocycles. The highest BCUT2D eigenvalue weighted by atomic mass is 32.2. The van der Waals surface area contributed by atoms with Gasteiger partial charge in [-0.3, -0.25) is 0 Å². The molecule has 1 heterocycles. The summed E-state index contributed by atoms with van der Waals surface area (Å²) in [6, 6.07) is 0. The van der Waals surface area contributed by atoms with Crippen molar-refractivity contribution in [1.82, 2.24) is 4.31 Å². The number of hydrogen-bond acceptors (Lipinski definition) is 2. The van der Waals surface area contributed by atoms with Crippen LogP contribution in [0.3, 0.4) is 0 Å². The van der Waals surface area contributed by atoms with E-state index in [-0.39, 0.29) is 5.41 Å². The van der Waals surface area contributed by atoms with Crippen LogP contribution >= 0.6 is 0 Å². The van der Waals surface area contributed by atoms with Crippen LogP contribution in [0.15, 0.2) is 0 Å². The maximum atomic E-state index is 11.5. The third kappa shape index (κ3) is 4.51. The Labute approximate surface area is 93.9 Å². The van der Waals surface area contributed by atoms with Crippen molar-refractivity contribution in [3.63, 3.8) is 0 Å². The summed E-state index contributed by atoms with van der Waals surface area (Å²) < 4.78 is 24.6. The van der Waals surface area contributed by atoms with E-state index in [1.54, 1.807) is 4.31 Å². The Morgan fingerprint density at radius 1 is 1.00 bits per heavy atom. The van der Waals surface area contributed by atoms with Gasteiger partial charge in [-0.15, -0.1) is 0 Å². The average Bonchev–Trinajstić information content (AvgIpc) is 2.13. The van der Waals surface area contributed by atoms with Crippen LogP contribution < -0.4 is 0 Å². The molecular weight excluding hydrogens is 210 g/mol. The van der Waals surface area contributed by atoms with Crippen molar-refractivity contribution >= 4 is 10.0 Å². The van der Waals surface area contributed by atoms with E-state index in [4.69, 9.17) is 0 Å². The second-order valence-corrected chi connectivity index (χ2v) is 7.37. The predicted molar refractivity (Wildman–Crippen MR) is 63.3 cm³/mol. The Hall–Kier alpha value is -0.0900. The Bertz CT molecular complexity index is 296. The first-order valence-corrected chi connectivity index (χ1v) is 7.61. The largest absolute Gasteiger partial charge is 0.213 e. The molecule has 1 rings (SSSR count). The third-order valence-electron chi connectivity index (χ3n) is 3.27. The summed E-state index contributed by atoms with van der Waals surface area (Å²) in [5.41, 5.74) is 0.285. The van der Waals surface area contributed by atoms with E-state index in [1.165, 1.54) is 19.1 Å². The van der Waals surface area contributed by atoms with Gasteiger partial charge in [0.1, 0.15) is 0 Å². The molecule has 90 valence electrons. The monoisotopic (exact) mass is 233 g/mol. The summed E-state index contributed by atoms with van der Waals surface area (Å²) >= 11 is 0. The van der Waals surface area contributed by atoms with Crippen molar-refractivity contribution in [2.75, 3.05) is 19.3 Å². The van der Waals surface area contributed by atoms with Crippen LogP contribution in [0.25, 0.3) is 0 Å². The summed E-state index contributed by atoms with van der Waals surface area (Å²) in [6.07, 6.45) is 6.88. The van der Waals surface area contributed by atoms with Gasteiger partial charge in [0.2, 0.25) is 10.0 Å². The van der Waals surface area contributed by atoms with E-state index in [2.05, 4.69) is 13.8 Å². The highest BCUT2D eigenvalue weighted by Crippen LogP contribution is 2.29. The molecule has 3 nitrogen and oxygen atoms in total. The molecule has 1 saturated heterocycles. The molecule has 0 amide bonds. The van der Waals surface area contributed by atoms with Crippen molar-refractivity contribution < 1.29 is 8.42 Å². The first-order valence-electron chi connectivity index (χ1n) is 5.76. The first-order chi connectivity index (χ1) is 6.81. The van der Waals surface area contributed by atoms with Crippen LogP contribution in [0.1, 0.15) is 46.0 Å². The summed E-state index contributed by atoms with van der Waals surface area (Å²) in [5.74, 6) is 0. The highest BCUT2D eigenvalue weighted by Gasteiger charge is 2.24. The molecule has 0 aliphatic carbocycles. The van der Waals surface area contributed by atoms with Gasteiger partial charge >= 0.3 is 0 Å². The molecular formula is C11H23NO2S. The van der Waals surface area contributed by atoms with Gasteiger partial charge in [-0.2, -0.15) is 0 Å². The fraction of sp³-hybridized carbons (Fsp3) is 1.00. The fourth-order valence-electron chi connectivity index (χ4n) is 2.06. The fourth-order valence-corrected chi connectivity index (χ4v) is 2.95. The molecule has 0 radical (unpaired) electrons. The van der Waals surface area contributed by atoms with E-state index in [0.717, 1.165) is 19.3 Å². The lowest BCUT2D eigenvalue weighted by atomic mass is 9.84. The van der Waals surface area contributed by atoms with Crippen LogP contribution in [0.2, 0.25) is 0 Å². The lowest BCUT2D eigenvalue weighted by Gasteiger charge is -2.26. The van der Waals surface area contributed by atoms with Crippen molar-refractivity contribution in [3.05, 3.63) is 0 Å². The Morgan fingerprint density at radius 3 is 2.27 bits per heavy atom. The molecule has 0 aromatic carbocycles. The number of hydrogen-bond donors (Lipinski definition) is 0. The first kappa shape index (κ1) is 13.0. The van der Waals surface area contributed by atoms with Gasteiger partial charge in [0.25, 0.3) is 0 Å². The van der Waals surface area contributed by atoms with Gasteiger partial charge in [0, 0.05) is 13.1 Å². The molecule has 1 aliphatic rings. The quantitative estimate of drug-likeness (QED) is 0.696. The smallest absolute Gasteiger partial charge is 0.211 e. The molecule has 0 bridgehead atoms. The molecule has 0 spiro atoms. The minimum absolute atomic E-state index is 0.285. The van der Waals surface area contributed by atoms with Gasteiger partial charge in [-0.05, 0) is 24.7 Å². The zero-order chi connectivity index (χ0) is 11.5. The summed E-state index contributed by atoms with van der Waals surface area (Å²) in [7, 11) is -3.00. The Balaban J connectivity index is 2.68. The maximum Gasteiger partial charge on any atom is 0.211 e. The van der Waals surface area contributed by atoms with Gasteiger partial charge < -0.3 is 0 Å². The topological polar surface area (TPSA) is 37.4 Å². The average molecular weight is 233 g/mol. The van der Waals surface area contributed by atoms with Crippen LogP contribution in [0.5, 0.6) is 0 Å². The van der Waals surface area contributed by atoms with Gasteiger partial charge in [-0.1, -0.05) is 26.7 Å². The minimum atomic E-state index is -3.00. The van der Waals surface area contributed by atoms with Gasteiger partial charge in [0.15, 0.2) is 0 Å². The lowest BCUT2D eigenvalue weighted by molar-refractivity contribution is 0.277. The predicted octanol–water partition coefficient (Wildman–Crippen LogP) is 2.24.